The molecular formula is C13H9Cl2F3N2O2S. The van der Waals surface area contributed by atoms with Gasteiger partial charge in [0.1, 0.15) is 10.0 Å². The number of benzene rings is 1. The van der Waals surface area contributed by atoms with Gasteiger partial charge < -0.3 is 0 Å². The number of halogens is 5. The molecule has 4 nitrogen and oxygen atoms in total. The molecule has 0 saturated carbocycles. The molecule has 2 aromatic rings. The molecule has 10 heteroatoms. The molecular weight excluding hydrogens is 376 g/mol. The first-order valence-corrected chi connectivity index (χ1v) is 8.30. The van der Waals surface area contributed by atoms with E-state index in [4.69, 9.17) is 23.2 Å². The Morgan fingerprint density at radius 1 is 1.13 bits per heavy atom. The highest BCUT2D eigenvalue weighted by Crippen LogP contribution is 2.33. The van der Waals surface area contributed by atoms with Gasteiger partial charge in [-0.25, -0.2) is 18.1 Å². The fourth-order valence-corrected chi connectivity index (χ4v) is 3.31. The van der Waals surface area contributed by atoms with Crippen LogP contribution in [0.4, 0.5) is 13.2 Å². The van der Waals surface area contributed by atoms with Crippen molar-refractivity contribution in [2.45, 2.75) is 17.6 Å². The molecule has 0 aliphatic heterocycles. The zero-order chi connectivity index (χ0) is 17.3. The molecule has 124 valence electrons. The summed E-state index contributed by atoms with van der Waals surface area (Å²) >= 11 is 11.3. The van der Waals surface area contributed by atoms with Gasteiger partial charge >= 0.3 is 6.18 Å². The van der Waals surface area contributed by atoms with E-state index in [1.807, 2.05) is 0 Å². The third-order valence-electron chi connectivity index (χ3n) is 2.80. The standard InChI is InChI=1S/C13H9Cl2F3N2O2S/c14-10-3-2-9(13(16,17)18)5-11(10)23(21,22)20-7-8-1-4-12(15)19-6-8/h1-6,20H,7H2. The molecule has 0 amide bonds. The molecule has 1 aromatic carbocycles. The lowest BCUT2D eigenvalue weighted by molar-refractivity contribution is -0.137. The number of nitrogens with zero attached hydrogens (tertiary/aromatic N) is 1. The second kappa shape index (κ2) is 6.64. The van der Waals surface area contributed by atoms with Gasteiger partial charge in [0.15, 0.2) is 0 Å². The summed E-state index contributed by atoms with van der Waals surface area (Å²) in [7, 11) is -4.22. The van der Waals surface area contributed by atoms with Crippen LogP contribution in [0.2, 0.25) is 10.2 Å². The monoisotopic (exact) mass is 384 g/mol. The minimum absolute atomic E-state index is 0.168. The van der Waals surface area contributed by atoms with Crippen LogP contribution in [0.5, 0.6) is 0 Å². The van der Waals surface area contributed by atoms with Gasteiger partial charge in [0.2, 0.25) is 10.0 Å². The minimum Gasteiger partial charge on any atom is -0.244 e. The van der Waals surface area contributed by atoms with Gasteiger partial charge in [-0.15, -0.1) is 0 Å². The first-order valence-electron chi connectivity index (χ1n) is 6.06. The highest BCUT2D eigenvalue weighted by Gasteiger charge is 2.32. The van der Waals surface area contributed by atoms with Crippen molar-refractivity contribution in [2.24, 2.45) is 0 Å². The van der Waals surface area contributed by atoms with Crippen LogP contribution < -0.4 is 4.72 Å². The molecule has 0 atom stereocenters. The maximum absolute atomic E-state index is 12.7. The van der Waals surface area contributed by atoms with E-state index in [0.717, 1.165) is 6.07 Å². The Morgan fingerprint density at radius 3 is 2.39 bits per heavy atom. The van der Waals surface area contributed by atoms with Crippen LogP contribution in [0.25, 0.3) is 0 Å². The fourth-order valence-electron chi connectivity index (χ4n) is 1.65. The van der Waals surface area contributed by atoms with Crippen LogP contribution >= 0.6 is 23.2 Å². The van der Waals surface area contributed by atoms with E-state index in [1.165, 1.54) is 18.3 Å². The molecule has 0 bridgehead atoms. The molecule has 0 aliphatic carbocycles. The van der Waals surface area contributed by atoms with E-state index in [2.05, 4.69) is 9.71 Å². The minimum atomic E-state index is -4.67. The Balaban J connectivity index is 2.27. The smallest absolute Gasteiger partial charge is 0.244 e. The van der Waals surface area contributed by atoms with Crippen molar-refractivity contribution in [1.29, 1.82) is 0 Å². The lowest BCUT2D eigenvalue weighted by Crippen LogP contribution is -2.24. The second-order valence-electron chi connectivity index (χ2n) is 4.46. The number of aromatic nitrogens is 1. The van der Waals surface area contributed by atoms with Gasteiger partial charge in [-0.2, -0.15) is 13.2 Å². The molecule has 1 N–H and O–H groups in total. The summed E-state index contributed by atoms with van der Waals surface area (Å²) in [5.74, 6) is 0. The number of sulfonamides is 1. The van der Waals surface area contributed by atoms with Crippen molar-refractivity contribution in [1.82, 2.24) is 9.71 Å². The topological polar surface area (TPSA) is 59.1 Å². The van der Waals surface area contributed by atoms with Gasteiger partial charge in [0, 0.05) is 12.7 Å². The molecule has 2 rings (SSSR count). The summed E-state index contributed by atoms with van der Waals surface area (Å²) < 4.78 is 64.6. The van der Waals surface area contributed by atoms with Crippen molar-refractivity contribution in [2.75, 3.05) is 0 Å². The Bertz CT molecular complexity index is 809. The van der Waals surface area contributed by atoms with Gasteiger partial charge in [-0.3, -0.25) is 0 Å². The molecule has 0 fully saturated rings. The molecule has 0 aliphatic rings. The van der Waals surface area contributed by atoms with Gasteiger partial charge in [-0.1, -0.05) is 29.3 Å². The average Bonchev–Trinajstić information content (AvgIpc) is 2.46. The maximum atomic E-state index is 12.7. The summed E-state index contributed by atoms with van der Waals surface area (Å²) in [4.78, 5) is 3.13. The molecule has 0 radical (unpaired) electrons. The van der Waals surface area contributed by atoms with E-state index < -0.39 is 26.7 Å². The van der Waals surface area contributed by atoms with Crippen LogP contribution in [-0.2, 0) is 22.7 Å². The van der Waals surface area contributed by atoms with Crippen LogP contribution in [0.1, 0.15) is 11.1 Å². The number of rotatable bonds is 4. The molecule has 0 unspecified atom stereocenters. The maximum Gasteiger partial charge on any atom is 0.416 e. The summed E-state index contributed by atoms with van der Waals surface area (Å²) in [6.07, 6.45) is -3.33. The van der Waals surface area contributed by atoms with E-state index in [-0.39, 0.29) is 16.7 Å². The predicted molar refractivity (Wildman–Crippen MR) is 79.7 cm³/mol. The van der Waals surface area contributed by atoms with Crippen LogP contribution in [0, 0.1) is 0 Å². The Labute approximate surface area is 140 Å². The SMILES string of the molecule is O=S(=O)(NCc1ccc(Cl)nc1)c1cc(C(F)(F)F)ccc1Cl. The normalized spacial score (nSPS) is 12.4. The molecule has 23 heavy (non-hydrogen) atoms. The zero-order valence-electron chi connectivity index (χ0n) is 11.2. The lowest BCUT2D eigenvalue weighted by Gasteiger charge is -2.12. The highest BCUT2D eigenvalue weighted by atomic mass is 35.5. The first-order chi connectivity index (χ1) is 10.6. The molecule has 0 saturated heterocycles. The highest BCUT2D eigenvalue weighted by molar-refractivity contribution is 7.89. The summed E-state index contributed by atoms with van der Waals surface area (Å²) in [6.45, 7) is -0.168. The van der Waals surface area contributed by atoms with Crippen LogP contribution in [0.3, 0.4) is 0 Å². The summed E-state index contributed by atoms with van der Waals surface area (Å²) in [5, 5.41) is -0.0720. The van der Waals surface area contributed by atoms with Crippen molar-refractivity contribution in [3.63, 3.8) is 0 Å². The number of pyridine rings is 1. The van der Waals surface area contributed by atoms with Crippen molar-refractivity contribution < 1.29 is 21.6 Å². The Kier molecular flexibility index (Phi) is 5.20. The average molecular weight is 385 g/mol. The van der Waals surface area contributed by atoms with Gasteiger partial charge in [0.25, 0.3) is 0 Å². The van der Waals surface area contributed by atoms with Crippen LogP contribution in [0.15, 0.2) is 41.4 Å². The number of hydrogen-bond acceptors (Lipinski definition) is 3. The summed E-state index contributed by atoms with van der Waals surface area (Å²) in [6, 6.07) is 5.09. The van der Waals surface area contributed by atoms with Gasteiger partial charge in [-0.05, 0) is 29.8 Å². The van der Waals surface area contributed by atoms with Crippen molar-refractivity contribution >= 4 is 33.2 Å². The number of nitrogens with one attached hydrogen (secondary N) is 1. The van der Waals surface area contributed by atoms with Crippen LogP contribution in [-0.4, -0.2) is 13.4 Å². The Morgan fingerprint density at radius 2 is 1.83 bits per heavy atom. The van der Waals surface area contributed by atoms with E-state index in [1.54, 1.807) is 0 Å². The van der Waals surface area contributed by atoms with E-state index >= 15 is 0 Å². The largest absolute Gasteiger partial charge is 0.416 e. The third kappa shape index (κ3) is 4.57. The lowest BCUT2D eigenvalue weighted by atomic mass is 10.2. The fraction of sp³-hybridized carbons (Fsp3) is 0.154. The van der Waals surface area contributed by atoms with Crippen molar-refractivity contribution in [3.05, 3.63) is 57.8 Å². The first kappa shape index (κ1) is 18.0. The summed E-state index contributed by atoms with van der Waals surface area (Å²) in [5.41, 5.74) is -0.614. The second-order valence-corrected chi connectivity index (χ2v) is 6.99. The molecule has 0 spiro atoms. The molecule has 1 heterocycles. The number of hydrogen-bond donors (Lipinski definition) is 1. The van der Waals surface area contributed by atoms with E-state index in [0.29, 0.717) is 17.7 Å². The third-order valence-corrected chi connectivity index (χ3v) is 4.91. The van der Waals surface area contributed by atoms with E-state index in [9.17, 15) is 21.6 Å². The van der Waals surface area contributed by atoms with Crippen molar-refractivity contribution in [3.8, 4) is 0 Å². The Hall–Kier alpha value is -1.35. The molecule has 1 aromatic heterocycles. The predicted octanol–water partition coefficient (Wildman–Crippen LogP) is 3.89. The quantitative estimate of drug-likeness (QED) is 0.813. The number of alkyl halides is 3. The van der Waals surface area contributed by atoms with Gasteiger partial charge in [0.05, 0.1) is 10.6 Å². The zero-order valence-corrected chi connectivity index (χ0v) is 13.6.